The fraction of sp³-hybridized carbons (Fsp3) is 0.912. The Bertz CT molecular complexity index is 553. The van der Waals surface area contributed by atoms with E-state index >= 15 is 0 Å². The van der Waals surface area contributed by atoms with E-state index < -0.39 is 30.1 Å². The molecule has 0 aliphatic carbocycles. The zero-order valence-electron chi connectivity index (χ0n) is 26.0. The van der Waals surface area contributed by atoms with Gasteiger partial charge in [-0.25, -0.2) is 0 Å². The number of aliphatic hydroxyl groups excluding tert-OH is 3. The van der Waals surface area contributed by atoms with Crippen molar-refractivity contribution in [3.05, 3.63) is 12.2 Å². The molecular weight excluding hydrogens is 486 g/mol. The third-order valence-corrected chi connectivity index (χ3v) is 8.02. The molecule has 2 unspecified atom stereocenters. The summed E-state index contributed by atoms with van der Waals surface area (Å²) in [7, 11) is 0. The maximum atomic E-state index is 12.4. The van der Waals surface area contributed by atoms with Crippen molar-refractivity contribution < 1.29 is 20.1 Å². The van der Waals surface area contributed by atoms with Crippen LogP contribution in [0.25, 0.3) is 0 Å². The van der Waals surface area contributed by atoms with E-state index in [1.165, 1.54) is 122 Å². The fourth-order valence-corrected chi connectivity index (χ4v) is 5.18. The average molecular weight is 554 g/mol. The molecule has 0 saturated carbocycles. The molecule has 0 aromatic rings. The maximum Gasteiger partial charge on any atom is 0.191 e. The van der Waals surface area contributed by atoms with Gasteiger partial charge >= 0.3 is 0 Å². The maximum absolute atomic E-state index is 12.4. The fourth-order valence-electron chi connectivity index (χ4n) is 5.18. The first-order chi connectivity index (χ1) is 19.0. The summed E-state index contributed by atoms with van der Waals surface area (Å²) in [5, 5.41) is 30.8. The molecular formula is C34H67NO4. The van der Waals surface area contributed by atoms with E-state index in [1.54, 1.807) is 6.08 Å². The van der Waals surface area contributed by atoms with Crippen LogP contribution in [0.4, 0.5) is 0 Å². The van der Waals surface area contributed by atoms with Crippen LogP contribution in [0.2, 0.25) is 0 Å². The first-order valence-corrected chi connectivity index (χ1v) is 17.0. The van der Waals surface area contributed by atoms with Crippen LogP contribution in [0.1, 0.15) is 174 Å². The van der Waals surface area contributed by atoms with Gasteiger partial charge in [-0.2, -0.15) is 0 Å². The topological polar surface area (TPSA) is 104 Å². The molecule has 0 aliphatic heterocycles. The summed E-state index contributed by atoms with van der Waals surface area (Å²) in [6.07, 6.45) is 29.7. The highest BCUT2D eigenvalue weighted by atomic mass is 16.3. The molecule has 0 fully saturated rings. The first kappa shape index (κ1) is 38.2. The summed E-state index contributed by atoms with van der Waals surface area (Å²) < 4.78 is 0. The minimum absolute atomic E-state index is 0.338. The molecule has 4 atom stereocenters. The molecule has 0 bridgehead atoms. The van der Waals surface area contributed by atoms with Gasteiger partial charge in [0.05, 0.1) is 12.1 Å². The van der Waals surface area contributed by atoms with Crippen LogP contribution in [-0.4, -0.2) is 45.5 Å². The Morgan fingerprint density at radius 1 is 0.590 bits per heavy atom. The monoisotopic (exact) mass is 554 g/mol. The Kier molecular flexibility index (Phi) is 28.2. The zero-order chi connectivity index (χ0) is 29.0. The first-order valence-electron chi connectivity index (χ1n) is 17.0. The lowest BCUT2D eigenvalue weighted by atomic mass is 9.95. The smallest absolute Gasteiger partial charge is 0.191 e. The van der Waals surface area contributed by atoms with Crippen LogP contribution in [0, 0.1) is 0 Å². The van der Waals surface area contributed by atoms with Gasteiger partial charge in [-0.15, -0.1) is 0 Å². The largest absolute Gasteiger partial charge is 0.387 e. The molecule has 0 spiro atoms. The molecule has 0 radical (unpaired) electrons. The molecule has 232 valence electrons. The summed E-state index contributed by atoms with van der Waals surface area (Å²) in [6, 6.07) is -1.12. The average Bonchev–Trinajstić information content (AvgIpc) is 2.94. The second-order valence-electron chi connectivity index (χ2n) is 11.9. The standard InChI is InChI=1S/C34H67NO4/c1-3-5-7-9-11-13-15-17-19-20-22-24-26-28-30(36)32(35)34(39)33(38)31(37)29-27-25-23-21-18-16-14-12-10-8-6-4-2/h26,28,30-32,34,36-37,39H,3-25,27,29,35H2,1-2H3/b28-26+/t30-,31?,32-,34?/m1/s1. The number of allylic oxidation sites excluding steroid dienone is 1. The van der Waals surface area contributed by atoms with Gasteiger partial charge in [-0.3, -0.25) is 4.79 Å². The van der Waals surface area contributed by atoms with E-state index in [2.05, 4.69) is 13.8 Å². The van der Waals surface area contributed by atoms with Gasteiger partial charge in [-0.1, -0.05) is 167 Å². The van der Waals surface area contributed by atoms with Crippen molar-refractivity contribution in [2.24, 2.45) is 5.73 Å². The van der Waals surface area contributed by atoms with Gasteiger partial charge in [0, 0.05) is 0 Å². The number of hydrogen-bond donors (Lipinski definition) is 4. The predicted molar refractivity (Wildman–Crippen MR) is 167 cm³/mol. The number of unbranched alkanes of at least 4 members (excludes halogenated alkanes) is 22. The van der Waals surface area contributed by atoms with Gasteiger partial charge < -0.3 is 21.1 Å². The van der Waals surface area contributed by atoms with E-state index in [0.29, 0.717) is 6.42 Å². The van der Waals surface area contributed by atoms with Crippen molar-refractivity contribution in [1.82, 2.24) is 0 Å². The van der Waals surface area contributed by atoms with Crippen molar-refractivity contribution in [2.75, 3.05) is 0 Å². The van der Waals surface area contributed by atoms with Crippen molar-refractivity contribution in [1.29, 1.82) is 0 Å². The van der Waals surface area contributed by atoms with E-state index in [-0.39, 0.29) is 0 Å². The van der Waals surface area contributed by atoms with Crippen LogP contribution in [0.5, 0.6) is 0 Å². The Hall–Kier alpha value is -0.750. The molecule has 0 heterocycles. The highest BCUT2D eigenvalue weighted by molar-refractivity contribution is 5.87. The Morgan fingerprint density at radius 2 is 0.949 bits per heavy atom. The third-order valence-electron chi connectivity index (χ3n) is 8.02. The molecule has 5 nitrogen and oxygen atoms in total. The number of aliphatic hydroxyl groups is 3. The predicted octanol–water partition coefficient (Wildman–Crippen LogP) is 8.31. The van der Waals surface area contributed by atoms with Crippen LogP contribution in [0.3, 0.4) is 0 Å². The summed E-state index contributed by atoms with van der Waals surface area (Å²) in [5.41, 5.74) is 5.93. The minimum Gasteiger partial charge on any atom is -0.387 e. The number of Topliss-reactive ketones (excluding diaryl/α,β-unsaturated/α-hetero) is 1. The van der Waals surface area contributed by atoms with E-state index in [9.17, 15) is 20.1 Å². The lowest BCUT2D eigenvalue weighted by Gasteiger charge is -2.23. The number of ketones is 1. The number of rotatable bonds is 30. The second-order valence-corrected chi connectivity index (χ2v) is 11.9. The van der Waals surface area contributed by atoms with E-state index in [0.717, 1.165) is 32.1 Å². The molecule has 0 amide bonds. The van der Waals surface area contributed by atoms with Crippen molar-refractivity contribution in [3.8, 4) is 0 Å². The molecule has 39 heavy (non-hydrogen) atoms. The summed E-state index contributed by atoms with van der Waals surface area (Å²) in [5.74, 6) is -0.677. The van der Waals surface area contributed by atoms with Crippen molar-refractivity contribution in [2.45, 2.75) is 199 Å². The lowest BCUT2D eigenvalue weighted by molar-refractivity contribution is -0.138. The number of nitrogens with two attached hydrogens (primary N) is 1. The normalized spacial score (nSPS) is 15.0. The summed E-state index contributed by atoms with van der Waals surface area (Å²) in [4.78, 5) is 12.4. The molecule has 0 aromatic heterocycles. The molecule has 5 N–H and O–H groups in total. The molecule has 0 aromatic carbocycles. The molecule has 0 rings (SSSR count). The summed E-state index contributed by atoms with van der Waals surface area (Å²) >= 11 is 0. The van der Waals surface area contributed by atoms with Crippen LogP contribution < -0.4 is 5.73 Å². The SMILES string of the molecule is CCCCCCCCCCCCC/C=C/[C@@H](O)[C@@H](N)C(O)C(=O)C(O)CCCCCCCCCCCCCC. The number of carbonyl (C=O) groups excluding carboxylic acids is 1. The van der Waals surface area contributed by atoms with Gasteiger partial charge in [0.2, 0.25) is 0 Å². The number of carbonyl (C=O) groups is 1. The lowest BCUT2D eigenvalue weighted by Crippen LogP contribution is -2.50. The Balaban J connectivity index is 3.80. The van der Waals surface area contributed by atoms with Crippen LogP contribution in [-0.2, 0) is 4.79 Å². The van der Waals surface area contributed by atoms with E-state index in [4.69, 9.17) is 5.73 Å². The molecule has 0 aliphatic rings. The highest BCUT2D eigenvalue weighted by Gasteiger charge is 2.31. The van der Waals surface area contributed by atoms with Gasteiger partial charge in [0.1, 0.15) is 12.2 Å². The van der Waals surface area contributed by atoms with E-state index in [1.807, 2.05) is 6.08 Å². The zero-order valence-corrected chi connectivity index (χ0v) is 26.0. The van der Waals surface area contributed by atoms with Gasteiger partial charge in [0.15, 0.2) is 5.78 Å². The minimum atomic E-state index is -1.56. The van der Waals surface area contributed by atoms with Crippen molar-refractivity contribution >= 4 is 5.78 Å². The third kappa shape index (κ3) is 23.6. The Labute approximate surface area is 242 Å². The highest BCUT2D eigenvalue weighted by Crippen LogP contribution is 2.15. The van der Waals surface area contributed by atoms with Gasteiger partial charge in [-0.05, 0) is 19.3 Å². The van der Waals surface area contributed by atoms with Crippen LogP contribution in [0.15, 0.2) is 12.2 Å². The molecule has 0 saturated heterocycles. The van der Waals surface area contributed by atoms with Gasteiger partial charge in [0.25, 0.3) is 0 Å². The summed E-state index contributed by atoms with van der Waals surface area (Å²) in [6.45, 7) is 4.50. The number of hydrogen-bond acceptors (Lipinski definition) is 5. The Morgan fingerprint density at radius 3 is 1.36 bits per heavy atom. The second kappa shape index (κ2) is 28.8. The molecule has 5 heteroatoms. The quantitative estimate of drug-likeness (QED) is 0.0529. The van der Waals surface area contributed by atoms with Crippen LogP contribution >= 0.6 is 0 Å². The van der Waals surface area contributed by atoms with Crippen molar-refractivity contribution in [3.63, 3.8) is 0 Å².